The van der Waals surface area contributed by atoms with E-state index in [4.69, 9.17) is 0 Å². The Morgan fingerprint density at radius 3 is 2.50 bits per heavy atom. The summed E-state index contributed by atoms with van der Waals surface area (Å²) < 4.78 is 0. The van der Waals surface area contributed by atoms with Crippen LogP contribution in [-0.4, -0.2) is 9.97 Å². The van der Waals surface area contributed by atoms with E-state index in [1.807, 2.05) is 19.9 Å². The van der Waals surface area contributed by atoms with E-state index >= 15 is 0 Å². The number of H-pyrrole nitrogens is 1. The zero-order valence-electron chi connectivity index (χ0n) is 11.2. The van der Waals surface area contributed by atoms with Gasteiger partial charge in [0.25, 0.3) is 5.56 Å². The van der Waals surface area contributed by atoms with Crippen molar-refractivity contribution >= 4 is 0 Å². The van der Waals surface area contributed by atoms with E-state index in [1.54, 1.807) is 0 Å². The molecule has 0 aliphatic carbocycles. The van der Waals surface area contributed by atoms with Crippen molar-refractivity contribution in [2.75, 3.05) is 0 Å². The van der Waals surface area contributed by atoms with Crippen LogP contribution in [0, 0.1) is 13.8 Å². The van der Waals surface area contributed by atoms with Crippen molar-refractivity contribution in [2.45, 2.75) is 33.6 Å². The van der Waals surface area contributed by atoms with Gasteiger partial charge in [-0.25, -0.2) is 4.98 Å². The maximum absolute atomic E-state index is 11.9. The average molecular weight is 242 g/mol. The van der Waals surface area contributed by atoms with Crippen molar-refractivity contribution in [2.24, 2.45) is 0 Å². The zero-order chi connectivity index (χ0) is 13.3. The van der Waals surface area contributed by atoms with Crippen LogP contribution in [0.2, 0.25) is 0 Å². The molecule has 0 fully saturated rings. The highest BCUT2D eigenvalue weighted by atomic mass is 16.1. The van der Waals surface area contributed by atoms with Gasteiger partial charge >= 0.3 is 0 Å². The quantitative estimate of drug-likeness (QED) is 0.879. The van der Waals surface area contributed by atoms with Crippen molar-refractivity contribution < 1.29 is 0 Å². The third-order valence-electron chi connectivity index (χ3n) is 3.25. The van der Waals surface area contributed by atoms with Gasteiger partial charge in [-0.05, 0) is 37.0 Å². The van der Waals surface area contributed by atoms with Gasteiger partial charge in [0.1, 0.15) is 0 Å². The van der Waals surface area contributed by atoms with Crippen LogP contribution in [0.25, 0.3) is 11.3 Å². The first-order valence-electron chi connectivity index (χ1n) is 6.16. The maximum atomic E-state index is 11.9. The molecule has 0 aliphatic rings. The maximum Gasteiger partial charge on any atom is 0.254 e. The summed E-state index contributed by atoms with van der Waals surface area (Å²) in [5.74, 6) is 0.152. The van der Waals surface area contributed by atoms with Gasteiger partial charge in [0.05, 0.1) is 12.0 Å². The highest BCUT2D eigenvalue weighted by Gasteiger charge is 2.14. The molecule has 3 nitrogen and oxygen atoms in total. The lowest BCUT2D eigenvalue weighted by molar-refractivity contribution is 0.833. The largest absolute Gasteiger partial charge is 0.313 e. The Hall–Kier alpha value is -1.90. The van der Waals surface area contributed by atoms with E-state index in [9.17, 15) is 4.79 Å². The molecule has 0 saturated carbocycles. The molecule has 1 aromatic heterocycles. The number of aromatic amines is 1. The molecule has 18 heavy (non-hydrogen) atoms. The molecule has 0 radical (unpaired) electrons. The molecule has 0 aliphatic heterocycles. The van der Waals surface area contributed by atoms with Crippen molar-refractivity contribution in [1.29, 1.82) is 0 Å². The van der Waals surface area contributed by atoms with Crippen LogP contribution in [0.4, 0.5) is 0 Å². The van der Waals surface area contributed by atoms with Gasteiger partial charge in [-0.2, -0.15) is 0 Å². The molecule has 2 rings (SSSR count). The van der Waals surface area contributed by atoms with Gasteiger partial charge in [-0.1, -0.05) is 26.0 Å². The number of hydrogen-bond donors (Lipinski definition) is 1. The van der Waals surface area contributed by atoms with E-state index in [1.165, 1.54) is 17.5 Å². The first-order chi connectivity index (χ1) is 8.50. The summed E-state index contributed by atoms with van der Waals surface area (Å²) in [6.07, 6.45) is 1.47. The molecule has 0 unspecified atom stereocenters. The fourth-order valence-electron chi connectivity index (χ4n) is 2.06. The molecule has 1 aromatic carbocycles. The fourth-order valence-corrected chi connectivity index (χ4v) is 2.06. The number of rotatable bonds is 2. The molecule has 0 spiro atoms. The number of aromatic nitrogens is 2. The third kappa shape index (κ3) is 2.21. The summed E-state index contributed by atoms with van der Waals surface area (Å²) in [6, 6.07) is 6.18. The minimum atomic E-state index is -0.0479. The summed E-state index contributed by atoms with van der Waals surface area (Å²) in [5, 5.41) is 0. The molecular weight excluding hydrogens is 224 g/mol. The Morgan fingerprint density at radius 2 is 1.89 bits per heavy atom. The molecule has 1 heterocycles. The van der Waals surface area contributed by atoms with E-state index in [2.05, 4.69) is 35.9 Å². The van der Waals surface area contributed by atoms with E-state index in [0.29, 0.717) is 0 Å². The molecule has 2 aromatic rings. The predicted octanol–water partition coefficient (Wildman–Crippen LogP) is 3.18. The Morgan fingerprint density at radius 1 is 1.17 bits per heavy atom. The summed E-state index contributed by atoms with van der Waals surface area (Å²) in [6.45, 7) is 8.17. The topological polar surface area (TPSA) is 45.8 Å². The second-order valence-corrected chi connectivity index (χ2v) is 4.95. The van der Waals surface area contributed by atoms with Gasteiger partial charge in [-0.15, -0.1) is 0 Å². The Kier molecular flexibility index (Phi) is 3.32. The van der Waals surface area contributed by atoms with Crippen molar-refractivity contribution in [3.05, 3.63) is 51.6 Å². The third-order valence-corrected chi connectivity index (χ3v) is 3.25. The minimum absolute atomic E-state index is 0.0479. The molecular formula is C15H18N2O. The average Bonchev–Trinajstić information content (AvgIpc) is 2.32. The van der Waals surface area contributed by atoms with E-state index in [0.717, 1.165) is 16.8 Å². The number of nitrogens with zero attached hydrogens (tertiary/aromatic N) is 1. The Bertz CT molecular complexity index is 627. The number of benzene rings is 1. The van der Waals surface area contributed by atoms with Gasteiger partial charge in [0, 0.05) is 11.1 Å². The van der Waals surface area contributed by atoms with Crippen LogP contribution < -0.4 is 5.56 Å². The highest BCUT2D eigenvalue weighted by molar-refractivity contribution is 5.64. The van der Waals surface area contributed by atoms with Crippen molar-refractivity contribution in [1.82, 2.24) is 9.97 Å². The van der Waals surface area contributed by atoms with Crippen LogP contribution in [0.5, 0.6) is 0 Å². The minimum Gasteiger partial charge on any atom is -0.313 e. The Labute approximate surface area is 107 Å². The van der Waals surface area contributed by atoms with Gasteiger partial charge in [-0.3, -0.25) is 4.79 Å². The molecule has 1 N–H and O–H groups in total. The van der Waals surface area contributed by atoms with E-state index < -0.39 is 0 Å². The highest BCUT2D eigenvalue weighted by Crippen LogP contribution is 2.25. The first-order valence-corrected chi connectivity index (χ1v) is 6.16. The van der Waals surface area contributed by atoms with E-state index in [-0.39, 0.29) is 11.5 Å². The second-order valence-electron chi connectivity index (χ2n) is 4.95. The number of hydrogen-bond acceptors (Lipinski definition) is 2. The van der Waals surface area contributed by atoms with Crippen LogP contribution >= 0.6 is 0 Å². The molecule has 94 valence electrons. The van der Waals surface area contributed by atoms with Crippen molar-refractivity contribution in [3.63, 3.8) is 0 Å². The summed E-state index contributed by atoms with van der Waals surface area (Å²) in [7, 11) is 0. The predicted molar refractivity (Wildman–Crippen MR) is 73.9 cm³/mol. The lowest BCUT2D eigenvalue weighted by Gasteiger charge is -2.11. The van der Waals surface area contributed by atoms with Crippen LogP contribution in [0.1, 0.15) is 36.5 Å². The monoisotopic (exact) mass is 242 g/mol. The summed E-state index contributed by atoms with van der Waals surface area (Å²) in [4.78, 5) is 18.9. The molecule has 3 heteroatoms. The summed E-state index contributed by atoms with van der Waals surface area (Å²) in [5.41, 5.74) is 4.96. The van der Waals surface area contributed by atoms with Crippen molar-refractivity contribution in [3.8, 4) is 11.3 Å². The van der Waals surface area contributed by atoms with Crippen LogP contribution in [0.15, 0.2) is 29.3 Å². The van der Waals surface area contributed by atoms with Gasteiger partial charge in [0.15, 0.2) is 0 Å². The normalized spacial score (nSPS) is 10.9. The standard InChI is InChI=1S/C15H18N2O/c1-9(2)13-14(16-8-17-15(13)18)12-6-5-10(3)11(4)7-12/h5-9H,1-4H3,(H,16,17,18). The lowest BCUT2D eigenvalue weighted by atomic mass is 9.96. The van der Waals surface area contributed by atoms with Crippen LogP contribution in [-0.2, 0) is 0 Å². The second kappa shape index (κ2) is 4.77. The number of aryl methyl sites for hydroxylation is 2. The SMILES string of the molecule is Cc1ccc(-c2nc[nH]c(=O)c2C(C)C)cc1C. The fraction of sp³-hybridized carbons (Fsp3) is 0.333. The van der Waals surface area contributed by atoms with Crippen LogP contribution in [0.3, 0.4) is 0 Å². The zero-order valence-corrected chi connectivity index (χ0v) is 11.2. The summed E-state index contributed by atoms with van der Waals surface area (Å²) >= 11 is 0. The molecule has 0 bridgehead atoms. The Balaban J connectivity index is 2.67. The molecule has 0 saturated heterocycles. The molecule has 0 amide bonds. The first kappa shape index (κ1) is 12.6. The van der Waals surface area contributed by atoms with Gasteiger partial charge < -0.3 is 4.98 Å². The smallest absolute Gasteiger partial charge is 0.254 e. The van der Waals surface area contributed by atoms with Gasteiger partial charge in [0.2, 0.25) is 0 Å². The lowest BCUT2D eigenvalue weighted by Crippen LogP contribution is -2.16. The number of nitrogens with one attached hydrogen (secondary N) is 1. The molecule has 0 atom stereocenters.